The molecule has 0 bridgehead atoms. The molecule has 2 heterocycles. The van der Waals surface area contributed by atoms with Crippen molar-refractivity contribution in [3.63, 3.8) is 0 Å². The number of rotatable bonds is 2. The molecule has 0 aliphatic heterocycles. The van der Waals surface area contributed by atoms with Gasteiger partial charge in [-0.3, -0.25) is 9.36 Å². The van der Waals surface area contributed by atoms with E-state index in [1.807, 2.05) is 0 Å². The average Bonchev–Trinajstić information content (AvgIpc) is 2.47. The van der Waals surface area contributed by atoms with Crippen LogP contribution in [0.5, 0.6) is 0 Å². The Morgan fingerprint density at radius 2 is 2.10 bits per heavy atom. The molecule has 0 aromatic carbocycles. The molecule has 2 aromatic rings. The fourth-order valence-corrected chi connectivity index (χ4v) is 2.72. The van der Waals surface area contributed by atoms with Crippen LogP contribution in [0.1, 0.15) is 25.7 Å². The molecule has 0 saturated heterocycles. The number of pyridine rings is 1. The molecule has 1 fully saturated rings. The number of nitrogens with one attached hydrogen (secondary N) is 1. The molecule has 1 aliphatic carbocycles. The van der Waals surface area contributed by atoms with Crippen molar-refractivity contribution in [2.75, 3.05) is 11.1 Å². The van der Waals surface area contributed by atoms with Crippen molar-refractivity contribution < 1.29 is 5.11 Å². The third-order valence-electron chi connectivity index (χ3n) is 4.04. The van der Waals surface area contributed by atoms with Gasteiger partial charge in [0, 0.05) is 31.0 Å². The Morgan fingerprint density at radius 3 is 2.81 bits per heavy atom. The van der Waals surface area contributed by atoms with Gasteiger partial charge >= 0.3 is 0 Å². The Morgan fingerprint density at radius 1 is 1.38 bits per heavy atom. The highest BCUT2D eigenvalue weighted by atomic mass is 16.3. The van der Waals surface area contributed by atoms with Crippen molar-refractivity contribution in [3.05, 3.63) is 22.6 Å². The second-order valence-electron chi connectivity index (χ2n) is 5.58. The summed E-state index contributed by atoms with van der Waals surface area (Å²) < 4.78 is 1.46. The molecule has 0 atom stereocenters. The van der Waals surface area contributed by atoms with E-state index in [0.717, 1.165) is 25.7 Å². The van der Waals surface area contributed by atoms with Gasteiger partial charge in [-0.2, -0.15) is 4.98 Å². The fraction of sp³-hybridized carbons (Fsp3) is 0.500. The van der Waals surface area contributed by atoms with E-state index in [4.69, 9.17) is 5.73 Å². The van der Waals surface area contributed by atoms with E-state index in [9.17, 15) is 9.90 Å². The first-order chi connectivity index (χ1) is 10.0. The molecular formula is C14H19N5O2. The number of hydrogen-bond donors (Lipinski definition) is 3. The summed E-state index contributed by atoms with van der Waals surface area (Å²) in [4.78, 5) is 20.4. The monoisotopic (exact) mass is 289 g/mol. The van der Waals surface area contributed by atoms with Crippen molar-refractivity contribution in [1.29, 1.82) is 0 Å². The Labute approximate surface area is 121 Å². The molecule has 7 heteroatoms. The molecular weight excluding hydrogens is 270 g/mol. The van der Waals surface area contributed by atoms with Crippen molar-refractivity contribution >= 4 is 22.7 Å². The van der Waals surface area contributed by atoms with Crippen molar-refractivity contribution in [2.24, 2.45) is 7.05 Å². The van der Waals surface area contributed by atoms with Gasteiger partial charge < -0.3 is 16.2 Å². The Kier molecular flexibility index (Phi) is 3.50. The highest BCUT2D eigenvalue weighted by Gasteiger charge is 2.20. The van der Waals surface area contributed by atoms with Crippen LogP contribution in [0.2, 0.25) is 0 Å². The molecule has 112 valence electrons. The van der Waals surface area contributed by atoms with Crippen molar-refractivity contribution in [1.82, 2.24) is 14.5 Å². The van der Waals surface area contributed by atoms with E-state index in [0.29, 0.717) is 22.7 Å². The molecule has 0 amide bonds. The minimum atomic E-state index is -0.193. The van der Waals surface area contributed by atoms with Gasteiger partial charge in [0.25, 0.3) is 5.56 Å². The number of nitrogens with two attached hydrogens (primary N) is 1. The van der Waals surface area contributed by atoms with E-state index in [-0.39, 0.29) is 17.7 Å². The van der Waals surface area contributed by atoms with Gasteiger partial charge in [0.2, 0.25) is 5.95 Å². The molecule has 0 unspecified atom stereocenters. The first-order valence-corrected chi connectivity index (χ1v) is 7.11. The van der Waals surface area contributed by atoms with Gasteiger partial charge in [-0.15, -0.1) is 0 Å². The lowest BCUT2D eigenvalue weighted by atomic mass is 9.93. The smallest absolute Gasteiger partial charge is 0.253 e. The summed E-state index contributed by atoms with van der Waals surface area (Å²) in [7, 11) is 1.66. The standard InChI is InChI=1S/C14H19N5O2/c1-19-12(21)6-11(15)10-7-16-14(18-13(10)19)17-8-2-4-9(20)5-3-8/h6-9,20H,2-5,15H2,1H3,(H,16,17,18)/t8-,9-. The predicted octanol–water partition coefficient (Wildman–Crippen LogP) is 0.626. The number of nitrogen functional groups attached to an aromatic ring is 1. The summed E-state index contributed by atoms with van der Waals surface area (Å²) in [5.41, 5.74) is 6.56. The second kappa shape index (κ2) is 5.33. The van der Waals surface area contributed by atoms with Gasteiger partial charge in [0.1, 0.15) is 5.65 Å². The Hall–Kier alpha value is -2.15. The highest BCUT2D eigenvalue weighted by molar-refractivity contribution is 5.87. The molecule has 3 rings (SSSR count). The quantitative estimate of drug-likeness (QED) is 0.748. The highest BCUT2D eigenvalue weighted by Crippen LogP contribution is 2.22. The van der Waals surface area contributed by atoms with Gasteiger partial charge in [-0.1, -0.05) is 0 Å². The number of nitrogens with zero attached hydrogens (tertiary/aromatic N) is 3. The first kappa shape index (κ1) is 13.8. The van der Waals surface area contributed by atoms with E-state index in [1.165, 1.54) is 10.6 Å². The molecule has 21 heavy (non-hydrogen) atoms. The van der Waals surface area contributed by atoms with Crippen LogP contribution in [0.3, 0.4) is 0 Å². The molecule has 2 aromatic heterocycles. The van der Waals surface area contributed by atoms with Crippen LogP contribution < -0.4 is 16.6 Å². The summed E-state index contributed by atoms with van der Waals surface area (Å²) in [6.45, 7) is 0. The number of aromatic nitrogens is 3. The first-order valence-electron chi connectivity index (χ1n) is 7.11. The predicted molar refractivity (Wildman–Crippen MR) is 81.1 cm³/mol. The molecule has 0 radical (unpaired) electrons. The second-order valence-corrected chi connectivity index (χ2v) is 5.58. The fourth-order valence-electron chi connectivity index (χ4n) is 2.72. The lowest BCUT2D eigenvalue weighted by Crippen LogP contribution is -2.29. The zero-order valence-corrected chi connectivity index (χ0v) is 11.9. The van der Waals surface area contributed by atoms with E-state index in [1.54, 1.807) is 13.2 Å². The normalized spacial score (nSPS) is 22.4. The van der Waals surface area contributed by atoms with Crippen LogP contribution in [0.4, 0.5) is 11.6 Å². The largest absolute Gasteiger partial charge is 0.398 e. The third kappa shape index (κ3) is 2.69. The van der Waals surface area contributed by atoms with Crippen LogP contribution >= 0.6 is 0 Å². The lowest BCUT2D eigenvalue weighted by molar-refractivity contribution is 0.126. The number of anilines is 2. The van der Waals surface area contributed by atoms with E-state index < -0.39 is 0 Å². The summed E-state index contributed by atoms with van der Waals surface area (Å²) in [6.07, 6.45) is 4.79. The van der Waals surface area contributed by atoms with Gasteiger partial charge in [-0.25, -0.2) is 4.98 Å². The SMILES string of the molecule is Cn1c(=O)cc(N)c2cnc(N[C@H]3CC[C@H](O)CC3)nc21. The third-order valence-corrected chi connectivity index (χ3v) is 4.04. The number of fused-ring (bicyclic) bond motifs is 1. The van der Waals surface area contributed by atoms with Gasteiger partial charge in [0.15, 0.2) is 0 Å². The van der Waals surface area contributed by atoms with Crippen molar-refractivity contribution in [2.45, 2.75) is 37.8 Å². The average molecular weight is 289 g/mol. The Bertz CT molecular complexity index is 719. The molecule has 7 nitrogen and oxygen atoms in total. The minimum Gasteiger partial charge on any atom is -0.398 e. The maximum Gasteiger partial charge on any atom is 0.253 e. The number of aliphatic hydroxyl groups excluding tert-OH is 1. The Balaban J connectivity index is 1.90. The van der Waals surface area contributed by atoms with Gasteiger partial charge in [0.05, 0.1) is 11.5 Å². The summed E-state index contributed by atoms with van der Waals surface area (Å²) in [6, 6.07) is 1.63. The zero-order chi connectivity index (χ0) is 15.0. The molecule has 0 spiro atoms. The number of aliphatic hydroxyl groups is 1. The summed E-state index contributed by atoms with van der Waals surface area (Å²) >= 11 is 0. The van der Waals surface area contributed by atoms with Crippen LogP contribution in [-0.2, 0) is 7.05 Å². The maximum absolute atomic E-state index is 11.8. The number of hydrogen-bond acceptors (Lipinski definition) is 6. The van der Waals surface area contributed by atoms with Crippen LogP contribution in [0.15, 0.2) is 17.1 Å². The van der Waals surface area contributed by atoms with E-state index in [2.05, 4.69) is 15.3 Å². The van der Waals surface area contributed by atoms with E-state index >= 15 is 0 Å². The topological polar surface area (TPSA) is 106 Å². The summed E-state index contributed by atoms with van der Waals surface area (Å²) in [5.74, 6) is 0.490. The molecule has 4 N–H and O–H groups in total. The zero-order valence-electron chi connectivity index (χ0n) is 11.9. The summed E-state index contributed by atoms with van der Waals surface area (Å²) in [5, 5.41) is 13.5. The molecule has 1 aliphatic rings. The van der Waals surface area contributed by atoms with Crippen LogP contribution in [0, 0.1) is 0 Å². The lowest BCUT2D eigenvalue weighted by Gasteiger charge is -2.26. The maximum atomic E-state index is 11.8. The minimum absolute atomic E-state index is 0.189. The van der Waals surface area contributed by atoms with Crippen molar-refractivity contribution in [3.8, 4) is 0 Å². The van der Waals surface area contributed by atoms with Gasteiger partial charge in [-0.05, 0) is 25.7 Å². The molecule has 1 saturated carbocycles. The number of aryl methyl sites for hydroxylation is 1. The van der Waals surface area contributed by atoms with Crippen LogP contribution in [0.25, 0.3) is 11.0 Å². The van der Waals surface area contributed by atoms with Crippen LogP contribution in [-0.4, -0.2) is 31.8 Å².